The molecule has 3 rings (SSSR count). The van der Waals surface area contributed by atoms with Crippen LogP contribution in [0.2, 0.25) is 0 Å². The van der Waals surface area contributed by atoms with E-state index in [1.54, 1.807) is 6.07 Å². The first-order valence-corrected chi connectivity index (χ1v) is 6.27. The van der Waals surface area contributed by atoms with Gasteiger partial charge in [-0.25, -0.2) is 9.18 Å². The van der Waals surface area contributed by atoms with Gasteiger partial charge in [0.15, 0.2) is 0 Å². The lowest BCUT2D eigenvalue weighted by molar-refractivity contribution is -0.139. The van der Waals surface area contributed by atoms with E-state index in [0.29, 0.717) is 0 Å². The van der Waals surface area contributed by atoms with E-state index in [0.717, 1.165) is 12.1 Å². The van der Waals surface area contributed by atoms with E-state index < -0.39 is 23.2 Å². The molecule has 22 heavy (non-hydrogen) atoms. The van der Waals surface area contributed by atoms with Gasteiger partial charge in [-0.05, 0) is 23.8 Å². The molecule has 0 aliphatic heterocycles. The average molecular weight is 308 g/mol. The predicted octanol–water partition coefficient (Wildman–Crippen LogP) is 4.62. The van der Waals surface area contributed by atoms with Gasteiger partial charge in [-0.3, -0.25) is 0 Å². The Labute approximate surface area is 121 Å². The normalized spacial score (nSPS) is 11.8. The minimum absolute atomic E-state index is 0.0415. The van der Waals surface area contributed by atoms with Crippen molar-refractivity contribution in [3.05, 3.63) is 70.3 Å². The first kappa shape index (κ1) is 14.3. The van der Waals surface area contributed by atoms with Gasteiger partial charge < -0.3 is 4.42 Å². The standard InChI is InChI=1S/C16H8F4O2/c17-10-7-5-9(6-8-10)13-11-3-1-2-4-12(11)22-15(21)14(13)16(18,19)20/h1-8H. The zero-order valence-electron chi connectivity index (χ0n) is 10.9. The fraction of sp³-hybridized carbons (Fsp3) is 0.0625. The molecule has 6 heteroatoms. The van der Waals surface area contributed by atoms with E-state index in [1.807, 2.05) is 0 Å². The smallest absolute Gasteiger partial charge is 0.422 e. The molecular weight excluding hydrogens is 300 g/mol. The van der Waals surface area contributed by atoms with Crippen LogP contribution in [0.25, 0.3) is 22.1 Å². The van der Waals surface area contributed by atoms with Gasteiger partial charge in [0.1, 0.15) is 17.0 Å². The molecule has 1 aromatic heterocycles. The summed E-state index contributed by atoms with van der Waals surface area (Å²) in [4.78, 5) is 11.8. The van der Waals surface area contributed by atoms with Crippen molar-refractivity contribution >= 4 is 11.0 Å². The maximum absolute atomic E-state index is 13.3. The fourth-order valence-electron chi connectivity index (χ4n) is 2.32. The summed E-state index contributed by atoms with van der Waals surface area (Å²) >= 11 is 0. The summed E-state index contributed by atoms with van der Waals surface area (Å²) in [5.41, 5.74) is -3.03. The summed E-state index contributed by atoms with van der Waals surface area (Å²) < 4.78 is 57.6. The van der Waals surface area contributed by atoms with Crippen molar-refractivity contribution in [3.63, 3.8) is 0 Å². The minimum Gasteiger partial charge on any atom is -0.422 e. The van der Waals surface area contributed by atoms with Crippen LogP contribution in [-0.2, 0) is 6.18 Å². The molecule has 0 saturated carbocycles. The third-order valence-corrected chi connectivity index (χ3v) is 3.23. The van der Waals surface area contributed by atoms with E-state index >= 15 is 0 Å². The van der Waals surface area contributed by atoms with Gasteiger partial charge in [0.05, 0.1) is 0 Å². The Morgan fingerprint density at radius 1 is 0.909 bits per heavy atom. The molecule has 0 bridgehead atoms. The van der Waals surface area contributed by atoms with Crippen molar-refractivity contribution in [3.8, 4) is 11.1 Å². The molecule has 0 unspecified atom stereocenters. The Morgan fingerprint density at radius 3 is 2.18 bits per heavy atom. The van der Waals surface area contributed by atoms with Gasteiger partial charge in [0, 0.05) is 10.9 Å². The fourth-order valence-corrected chi connectivity index (χ4v) is 2.32. The number of fused-ring (bicyclic) bond motifs is 1. The van der Waals surface area contributed by atoms with Crippen molar-refractivity contribution in [1.82, 2.24) is 0 Å². The lowest BCUT2D eigenvalue weighted by atomic mass is 9.97. The van der Waals surface area contributed by atoms with Gasteiger partial charge in [0.2, 0.25) is 0 Å². The lowest BCUT2D eigenvalue weighted by Gasteiger charge is -2.14. The highest BCUT2D eigenvalue weighted by molar-refractivity contribution is 5.95. The van der Waals surface area contributed by atoms with Crippen molar-refractivity contribution in [1.29, 1.82) is 0 Å². The second-order valence-electron chi connectivity index (χ2n) is 4.64. The molecule has 0 spiro atoms. The van der Waals surface area contributed by atoms with E-state index in [-0.39, 0.29) is 22.1 Å². The first-order valence-electron chi connectivity index (χ1n) is 6.27. The third kappa shape index (κ3) is 2.36. The van der Waals surface area contributed by atoms with E-state index in [1.165, 1.54) is 30.3 Å². The molecule has 0 fully saturated rings. The van der Waals surface area contributed by atoms with E-state index in [2.05, 4.69) is 0 Å². The Bertz CT molecular complexity index is 893. The molecular formula is C16H8F4O2. The highest BCUT2D eigenvalue weighted by atomic mass is 19.4. The molecule has 0 atom stereocenters. The monoisotopic (exact) mass is 308 g/mol. The van der Waals surface area contributed by atoms with Gasteiger partial charge in [-0.2, -0.15) is 13.2 Å². The number of halogens is 4. The maximum atomic E-state index is 13.3. The summed E-state index contributed by atoms with van der Waals surface area (Å²) in [7, 11) is 0. The van der Waals surface area contributed by atoms with Crippen molar-refractivity contribution < 1.29 is 22.0 Å². The molecule has 1 heterocycles. The predicted molar refractivity (Wildman–Crippen MR) is 72.9 cm³/mol. The largest absolute Gasteiger partial charge is 0.424 e. The molecule has 112 valence electrons. The van der Waals surface area contributed by atoms with Crippen LogP contribution in [-0.4, -0.2) is 0 Å². The molecule has 3 aromatic rings. The molecule has 0 saturated heterocycles. The number of para-hydroxylation sites is 1. The molecule has 0 aliphatic rings. The summed E-state index contributed by atoms with van der Waals surface area (Å²) in [6, 6.07) is 10.4. The third-order valence-electron chi connectivity index (χ3n) is 3.23. The zero-order chi connectivity index (χ0) is 15.9. The Balaban J connectivity index is 2.48. The first-order chi connectivity index (χ1) is 10.4. The van der Waals surface area contributed by atoms with Crippen LogP contribution in [0.5, 0.6) is 0 Å². The van der Waals surface area contributed by atoms with Crippen molar-refractivity contribution in [2.24, 2.45) is 0 Å². The summed E-state index contributed by atoms with van der Waals surface area (Å²) in [5.74, 6) is -0.579. The van der Waals surface area contributed by atoms with Crippen LogP contribution in [0.15, 0.2) is 57.7 Å². The maximum Gasteiger partial charge on any atom is 0.424 e. The molecule has 0 aliphatic carbocycles. The lowest BCUT2D eigenvalue weighted by Crippen LogP contribution is -2.20. The Hall–Kier alpha value is -2.63. The van der Waals surface area contributed by atoms with Gasteiger partial charge in [0.25, 0.3) is 0 Å². The summed E-state index contributed by atoms with van der Waals surface area (Å²) in [6.07, 6.45) is -4.88. The van der Waals surface area contributed by atoms with Gasteiger partial charge in [-0.1, -0.05) is 30.3 Å². The summed E-state index contributed by atoms with van der Waals surface area (Å²) in [6.45, 7) is 0. The highest BCUT2D eigenvalue weighted by Crippen LogP contribution is 2.38. The quantitative estimate of drug-likeness (QED) is 0.485. The summed E-state index contributed by atoms with van der Waals surface area (Å²) in [5, 5.41) is 0.140. The topological polar surface area (TPSA) is 30.2 Å². The minimum atomic E-state index is -4.88. The van der Waals surface area contributed by atoms with Crippen LogP contribution in [0.4, 0.5) is 17.6 Å². The van der Waals surface area contributed by atoms with Crippen LogP contribution in [0.3, 0.4) is 0 Å². The van der Waals surface area contributed by atoms with E-state index in [4.69, 9.17) is 4.42 Å². The van der Waals surface area contributed by atoms with Crippen LogP contribution >= 0.6 is 0 Å². The van der Waals surface area contributed by atoms with Crippen molar-refractivity contribution in [2.45, 2.75) is 6.18 Å². The van der Waals surface area contributed by atoms with Crippen LogP contribution in [0.1, 0.15) is 5.56 Å². The van der Waals surface area contributed by atoms with Crippen molar-refractivity contribution in [2.75, 3.05) is 0 Å². The molecule has 0 radical (unpaired) electrons. The average Bonchev–Trinajstić information content (AvgIpc) is 2.45. The zero-order valence-corrected chi connectivity index (χ0v) is 10.9. The number of hydrogen-bond donors (Lipinski definition) is 0. The highest BCUT2D eigenvalue weighted by Gasteiger charge is 2.39. The van der Waals surface area contributed by atoms with E-state index in [9.17, 15) is 22.4 Å². The molecule has 0 N–H and O–H groups in total. The number of benzene rings is 2. The molecule has 0 amide bonds. The number of alkyl halides is 3. The number of hydrogen-bond acceptors (Lipinski definition) is 2. The molecule has 2 aromatic carbocycles. The molecule has 2 nitrogen and oxygen atoms in total. The second kappa shape index (κ2) is 4.98. The SMILES string of the molecule is O=c1oc2ccccc2c(-c2ccc(F)cc2)c1C(F)(F)F. The van der Waals surface area contributed by atoms with Gasteiger partial charge >= 0.3 is 11.8 Å². The number of rotatable bonds is 1. The second-order valence-corrected chi connectivity index (χ2v) is 4.64. The Kier molecular flexibility index (Phi) is 3.24. The Morgan fingerprint density at radius 2 is 1.55 bits per heavy atom. The van der Waals surface area contributed by atoms with Crippen LogP contribution < -0.4 is 5.63 Å². The van der Waals surface area contributed by atoms with Crippen LogP contribution in [0, 0.1) is 5.82 Å². The van der Waals surface area contributed by atoms with Gasteiger partial charge in [-0.15, -0.1) is 0 Å².